The third-order valence-corrected chi connectivity index (χ3v) is 3.52. The monoisotopic (exact) mass is 285 g/mol. The molecule has 0 unspecified atom stereocenters. The van der Waals surface area contributed by atoms with Gasteiger partial charge >= 0.3 is 0 Å². The van der Waals surface area contributed by atoms with Crippen LogP contribution in [0.2, 0.25) is 0 Å². The van der Waals surface area contributed by atoms with Gasteiger partial charge in [-0.2, -0.15) is 0 Å². The van der Waals surface area contributed by atoms with Crippen molar-refractivity contribution in [2.45, 2.75) is 31.2 Å². The molecule has 106 valence electrons. The van der Waals surface area contributed by atoms with Crippen molar-refractivity contribution in [3.05, 3.63) is 0 Å². The summed E-state index contributed by atoms with van der Waals surface area (Å²) in [5, 5.41) is 4.78. The second-order valence-electron chi connectivity index (χ2n) is 4.57. The largest absolute Gasteiger partial charge is 0.337 e. The van der Waals surface area contributed by atoms with Gasteiger partial charge in [0, 0.05) is 25.4 Å². The van der Waals surface area contributed by atoms with Crippen LogP contribution in [0.3, 0.4) is 0 Å². The Bertz CT molecular complexity index is 413. The number of hydrogen-bond donors (Lipinski definition) is 2. The van der Waals surface area contributed by atoms with E-state index in [0.29, 0.717) is 0 Å². The standard InChI is InChI=1S/C9H17F2N3O3S/c10-9(11)2-1-3-14(6-9)8(15)4-7(12)5-18(13,16)17/h7H,1-6,12H2,(H2,13,16,17)/t7-/m0/s1. The van der Waals surface area contributed by atoms with Gasteiger partial charge in [0.1, 0.15) is 0 Å². The van der Waals surface area contributed by atoms with Crippen molar-refractivity contribution in [2.75, 3.05) is 18.8 Å². The number of piperidine rings is 1. The highest BCUT2D eigenvalue weighted by Gasteiger charge is 2.37. The minimum atomic E-state index is -3.77. The smallest absolute Gasteiger partial charge is 0.265 e. The first kappa shape index (κ1) is 15.3. The van der Waals surface area contributed by atoms with Gasteiger partial charge in [0.15, 0.2) is 0 Å². The van der Waals surface area contributed by atoms with Crippen LogP contribution < -0.4 is 10.9 Å². The van der Waals surface area contributed by atoms with E-state index in [4.69, 9.17) is 10.9 Å². The summed E-state index contributed by atoms with van der Waals surface area (Å²) in [6.45, 7) is -0.384. The van der Waals surface area contributed by atoms with Gasteiger partial charge in [-0.15, -0.1) is 0 Å². The zero-order valence-corrected chi connectivity index (χ0v) is 10.6. The van der Waals surface area contributed by atoms with Gasteiger partial charge in [0.05, 0.1) is 12.3 Å². The molecule has 0 aromatic rings. The second-order valence-corrected chi connectivity index (χ2v) is 6.23. The highest BCUT2D eigenvalue weighted by atomic mass is 32.2. The molecule has 1 fully saturated rings. The quantitative estimate of drug-likeness (QED) is 0.708. The highest BCUT2D eigenvalue weighted by Crippen LogP contribution is 2.26. The van der Waals surface area contributed by atoms with Gasteiger partial charge in [-0.3, -0.25) is 4.79 Å². The summed E-state index contributed by atoms with van der Waals surface area (Å²) in [5.74, 6) is -3.98. The summed E-state index contributed by atoms with van der Waals surface area (Å²) in [6.07, 6.45) is -0.310. The molecule has 1 rings (SSSR count). The van der Waals surface area contributed by atoms with Crippen LogP contribution in [-0.2, 0) is 14.8 Å². The highest BCUT2D eigenvalue weighted by molar-refractivity contribution is 7.89. The van der Waals surface area contributed by atoms with E-state index < -0.39 is 40.2 Å². The number of alkyl halides is 2. The third-order valence-electron chi connectivity index (χ3n) is 2.63. The van der Waals surface area contributed by atoms with Crippen molar-refractivity contribution in [1.29, 1.82) is 0 Å². The summed E-state index contributed by atoms with van der Waals surface area (Å²) in [5.41, 5.74) is 5.44. The van der Waals surface area contributed by atoms with E-state index in [9.17, 15) is 22.0 Å². The molecule has 1 aliphatic heterocycles. The zero-order valence-electron chi connectivity index (χ0n) is 9.81. The molecule has 0 radical (unpaired) electrons. The number of halogens is 2. The first-order chi connectivity index (χ1) is 8.09. The molecule has 0 bridgehead atoms. The predicted octanol–water partition coefficient (Wildman–Crippen LogP) is -0.750. The lowest BCUT2D eigenvalue weighted by Gasteiger charge is -2.33. The summed E-state index contributed by atoms with van der Waals surface area (Å²) in [6, 6.07) is -0.969. The predicted molar refractivity (Wildman–Crippen MR) is 61.3 cm³/mol. The maximum atomic E-state index is 13.1. The lowest BCUT2D eigenvalue weighted by molar-refractivity contribution is -0.141. The van der Waals surface area contributed by atoms with Crippen LogP contribution in [0.15, 0.2) is 0 Å². The average molecular weight is 285 g/mol. The molecule has 6 nitrogen and oxygen atoms in total. The van der Waals surface area contributed by atoms with Gasteiger partial charge in [-0.1, -0.05) is 0 Å². The normalized spacial score (nSPS) is 21.7. The van der Waals surface area contributed by atoms with Crippen LogP contribution in [0.25, 0.3) is 0 Å². The van der Waals surface area contributed by atoms with Gasteiger partial charge in [-0.05, 0) is 6.42 Å². The van der Waals surface area contributed by atoms with Crippen molar-refractivity contribution < 1.29 is 22.0 Å². The van der Waals surface area contributed by atoms with Crippen molar-refractivity contribution in [1.82, 2.24) is 4.90 Å². The van der Waals surface area contributed by atoms with Gasteiger partial charge in [-0.25, -0.2) is 22.3 Å². The van der Waals surface area contributed by atoms with Crippen molar-refractivity contribution >= 4 is 15.9 Å². The fraction of sp³-hybridized carbons (Fsp3) is 0.889. The number of carbonyl (C=O) groups excluding carboxylic acids is 1. The van der Waals surface area contributed by atoms with E-state index in [2.05, 4.69) is 0 Å². The van der Waals surface area contributed by atoms with Crippen LogP contribution in [0.5, 0.6) is 0 Å². The average Bonchev–Trinajstić information content (AvgIpc) is 2.12. The van der Waals surface area contributed by atoms with Gasteiger partial charge < -0.3 is 10.6 Å². The van der Waals surface area contributed by atoms with E-state index in [1.54, 1.807) is 0 Å². The summed E-state index contributed by atoms with van der Waals surface area (Å²) >= 11 is 0. The minimum Gasteiger partial charge on any atom is -0.337 e. The molecule has 0 aromatic heterocycles. The summed E-state index contributed by atoms with van der Waals surface area (Å²) in [7, 11) is -3.77. The molecular weight excluding hydrogens is 268 g/mol. The lowest BCUT2D eigenvalue weighted by atomic mass is 10.1. The molecule has 0 aliphatic carbocycles. The number of nitrogens with two attached hydrogens (primary N) is 2. The number of likely N-dealkylation sites (tertiary alicyclic amines) is 1. The third kappa shape index (κ3) is 5.23. The number of rotatable bonds is 4. The summed E-state index contributed by atoms with van der Waals surface area (Å²) < 4.78 is 47.7. The van der Waals surface area contributed by atoms with Gasteiger partial charge in [0.2, 0.25) is 15.9 Å². The number of sulfonamides is 1. The molecule has 9 heteroatoms. The molecule has 0 saturated carbocycles. The molecule has 1 heterocycles. The second kappa shape index (κ2) is 5.45. The Balaban J connectivity index is 2.50. The van der Waals surface area contributed by atoms with Crippen LogP contribution in [0.4, 0.5) is 8.78 Å². The fourth-order valence-corrected chi connectivity index (χ4v) is 2.60. The molecule has 1 aliphatic rings. The van der Waals surface area contributed by atoms with E-state index >= 15 is 0 Å². The number of hydrogen-bond acceptors (Lipinski definition) is 4. The SMILES string of the molecule is N[C@@H](CC(=O)N1CCCC(F)(F)C1)CS(N)(=O)=O. The van der Waals surface area contributed by atoms with E-state index in [1.165, 1.54) is 0 Å². The number of carbonyl (C=O) groups is 1. The van der Waals surface area contributed by atoms with Gasteiger partial charge in [0.25, 0.3) is 5.92 Å². The fourth-order valence-electron chi connectivity index (χ4n) is 1.89. The van der Waals surface area contributed by atoms with E-state index in [0.717, 1.165) is 4.90 Å². The number of primary sulfonamides is 1. The topological polar surface area (TPSA) is 106 Å². The molecule has 0 spiro atoms. The van der Waals surface area contributed by atoms with Crippen molar-refractivity contribution in [2.24, 2.45) is 10.9 Å². The van der Waals surface area contributed by atoms with Crippen molar-refractivity contribution in [3.8, 4) is 0 Å². The van der Waals surface area contributed by atoms with Crippen LogP contribution >= 0.6 is 0 Å². The maximum absolute atomic E-state index is 13.1. The van der Waals surface area contributed by atoms with Crippen LogP contribution in [0, 0.1) is 0 Å². The molecular formula is C9H17F2N3O3S. The Labute approximate surface area is 104 Å². The number of nitrogens with zero attached hydrogens (tertiary/aromatic N) is 1. The molecule has 18 heavy (non-hydrogen) atoms. The van der Waals surface area contributed by atoms with E-state index in [-0.39, 0.29) is 25.8 Å². The van der Waals surface area contributed by atoms with Crippen LogP contribution in [-0.4, -0.2) is 50.0 Å². The minimum absolute atomic E-state index is 0.225. The van der Waals surface area contributed by atoms with Crippen LogP contribution in [0.1, 0.15) is 19.3 Å². The zero-order chi connectivity index (χ0) is 14.0. The molecule has 1 amide bonds. The Hall–Kier alpha value is -0.800. The summed E-state index contributed by atoms with van der Waals surface area (Å²) in [4.78, 5) is 12.7. The Morgan fingerprint density at radius 2 is 2.06 bits per heavy atom. The molecule has 4 N–H and O–H groups in total. The molecule has 1 atom stereocenters. The number of amides is 1. The Morgan fingerprint density at radius 1 is 1.44 bits per heavy atom. The molecule has 1 saturated heterocycles. The van der Waals surface area contributed by atoms with E-state index in [1.807, 2.05) is 0 Å². The van der Waals surface area contributed by atoms with Crippen molar-refractivity contribution in [3.63, 3.8) is 0 Å². The molecule has 0 aromatic carbocycles. The Kier molecular flexibility index (Phi) is 4.62. The lowest BCUT2D eigenvalue weighted by Crippen LogP contribution is -2.47. The first-order valence-corrected chi connectivity index (χ1v) is 7.22. The Morgan fingerprint density at radius 3 is 2.56 bits per heavy atom. The maximum Gasteiger partial charge on any atom is 0.265 e. The first-order valence-electron chi connectivity index (χ1n) is 5.51.